The lowest BCUT2D eigenvalue weighted by Crippen LogP contribution is -1.98. The highest BCUT2D eigenvalue weighted by atomic mass is 16.5. The van der Waals surface area contributed by atoms with Gasteiger partial charge in [0.1, 0.15) is 5.75 Å². The van der Waals surface area contributed by atoms with Crippen LogP contribution in [0, 0.1) is 0 Å². The number of ether oxygens (including phenoxy) is 1. The number of nitrogens with two attached hydrogens (primary N) is 1. The van der Waals surface area contributed by atoms with Crippen LogP contribution in [-0.4, -0.2) is 12.8 Å². The van der Waals surface area contributed by atoms with E-state index < -0.39 is 0 Å². The van der Waals surface area contributed by atoms with Crippen LogP contribution in [-0.2, 0) is 6.42 Å². The van der Waals surface area contributed by atoms with Crippen molar-refractivity contribution in [3.05, 3.63) is 29.8 Å². The van der Waals surface area contributed by atoms with E-state index >= 15 is 0 Å². The van der Waals surface area contributed by atoms with Gasteiger partial charge < -0.3 is 10.6 Å². The van der Waals surface area contributed by atoms with E-state index in [9.17, 15) is 0 Å². The summed E-state index contributed by atoms with van der Waals surface area (Å²) in [5, 5.41) is 3.63. The normalized spacial score (nSPS) is 11.4. The van der Waals surface area contributed by atoms with Gasteiger partial charge in [-0.3, -0.25) is 0 Å². The molecule has 0 radical (unpaired) electrons. The molecule has 0 aromatic heterocycles. The molecule has 0 aliphatic heterocycles. The Balaban J connectivity index is 2.52. The Kier molecular flexibility index (Phi) is 3.98. The van der Waals surface area contributed by atoms with Crippen molar-refractivity contribution in [3.8, 4) is 5.75 Å². The molecule has 0 atom stereocenters. The topological polar surface area (TPSA) is 47.6 Å². The number of benzene rings is 1. The summed E-state index contributed by atoms with van der Waals surface area (Å²) < 4.78 is 5.07. The minimum Gasteiger partial charge on any atom is -0.497 e. The zero-order valence-electron chi connectivity index (χ0n) is 8.66. The maximum atomic E-state index is 5.15. The van der Waals surface area contributed by atoms with Crippen molar-refractivity contribution < 1.29 is 4.74 Å². The van der Waals surface area contributed by atoms with E-state index in [-0.39, 0.29) is 0 Å². The van der Waals surface area contributed by atoms with E-state index in [0.29, 0.717) is 0 Å². The van der Waals surface area contributed by atoms with Crippen LogP contribution < -0.4 is 10.6 Å². The van der Waals surface area contributed by atoms with E-state index in [1.54, 1.807) is 7.11 Å². The molecule has 0 bridgehead atoms. The Labute approximate surface area is 84.6 Å². The van der Waals surface area contributed by atoms with E-state index in [4.69, 9.17) is 10.6 Å². The van der Waals surface area contributed by atoms with Gasteiger partial charge in [0.25, 0.3) is 0 Å². The fraction of sp³-hybridized carbons (Fsp3) is 0.364. The smallest absolute Gasteiger partial charge is 0.118 e. The molecule has 0 fully saturated rings. The first-order valence-corrected chi connectivity index (χ1v) is 4.62. The highest BCUT2D eigenvalue weighted by Crippen LogP contribution is 2.12. The highest BCUT2D eigenvalue weighted by Gasteiger charge is 1.96. The zero-order chi connectivity index (χ0) is 10.4. The highest BCUT2D eigenvalue weighted by molar-refractivity contribution is 5.81. The summed E-state index contributed by atoms with van der Waals surface area (Å²) in [4.78, 5) is 0. The van der Waals surface area contributed by atoms with Gasteiger partial charge in [-0.15, -0.1) is 0 Å². The van der Waals surface area contributed by atoms with Gasteiger partial charge in [0.05, 0.1) is 7.11 Å². The monoisotopic (exact) mass is 192 g/mol. The Morgan fingerprint density at radius 3 is 2.50 bits per heavy atom. The van der Waals surface area contributed by atoms with Gasteiger partial charge in [0.2, 0.25) is 0 Å². The number of nitrogens with zero attached hydrogens (tertiary/aromatic N) is 1. The molecular weight excluding hydrogens is 176 g/mol. The van der Waals surface area contributed by atoms with Crippen LogP contribution in [0.5, 0.6) is 5.75 Å². The number of hydrogen-bond acceptors (Lipinski definition) is 3. The predicted octanol–water partition coefficient (Wildman–Crippen LogP) is 1.96. The summed E-state index contributed by atoms with van der Waals surface area (Å²) in [6, 6.07) is 8.04. The van der Waals surface area contributed by atoms with Crippen LogP contribution in [0.25, 0.3) is 0 Å². The van der Waals surface area contributed by atoms with Crippen molar-refractivity contribution >= 4 is 5.71 Å². The third-order valence-electron chi connectivity index (χ3n) is 2.15. The van der Waals surface area contributed by atoms with Gasteiger partial charge in [-0.05, 0) is 37.5 Å². The quantitative estimate of drug-likeness (QED) is 0.450. The number of hydrogen-bond donors (Lipinski definition) is 1. The van der Waals surface area contributed by atoms with Gasteiger partial charge in [-0.25, -0.2) is 0 Å². The van der Waals surface area contributed by atoms with Crippen molar-refractivity contribution in [1.82, 2.24) is 0 Å². The maximum Gasteiger partial charge on any atom is 0.118 e. The zero-order valence-corrected chi connectivity index (χ0v) is 8.66. The number of rotatable bonds is 4. The second kappa shape index (κ2) is 5.27. The largest absolute Gasteiger partial charge is 0.497 e. The molecule has 2 N–H and O–H groups in total. The van der Waals surface area contributed by atoms with E-state index in [1.807, 2.05) is 19.1 Å². The molecule has 14 heavy (non-hydrogen) atoms. The lowest BCUT2D eigenvalue weighted by Gasteiger charge is -2.02. The SMILES string of the molecule is COc1ccc(CC/C(C)=N/N)cc1. The standard InChI is InChI=1S/C11H16N2O/c1-9(13-12)3-4-10-5-7-11(14-2)8-6-10/h5-8H,3-4,12H2,1-2H3/b13-9+. The molecule has 76 valence electrons. The Hall–Kier alpha value is -1.51. The molecule has 0 spiro atoms. The van der Waals surface area contributed by atoms with Gasteiger partial charge in [-0.1, -0.05) is 12.1 Å². The number of aryl methyl sites for hydroxylation is 1. The summed E-state index contributed by atoms with van der Waals surface area (Å²) in [5.74, 6) is 6.04. The first-order valence-electron chi connectivity index (χ1n) is 4.62. The Bertz CT molecular complexity index is 304. The van der Waals surface area contributed by atoms with E-state index in [0.717, 1.165) is 24.3 Å². The van der Waals surface area contributed by atoms with Crippen molar-refractivity contribution in [2.75, 3.05) is 7.11 Å². The van der Waals surface area contributed by atoms with Crippen molar-refractivity contribution in [3.63, 3.8) is 0 Å². The Morgan fingerprint density at radius 1 is 1.36 bits per heavy atom. The third kappa shape index (κ3) is 3.09. The molecule has 0 saturated carbocycles. The van der Waals surface area contributed by atoms with Crippen LogP contribution in [0.4, 0.5) is 0 Å². The number of methoxy groups -OCH3 is 1. The first-order chi connectivity index (χ1) is 6.76. The van der Waals surface area contributed by atoms with Crippen LogP contribution >= 0.6 is 0 Å². The molecular formula is C11H16N2O. The van der Waals surface area contributed by atoms with Crippen LogP contribution in [0.3, 0.4) is 0 Å². The molecule has 0 aliphatic carbocycles. The molecule has 3 heteroatoms. The molecule has 0 heterocycles. The third-order valence-corrected chi connectivity index (χ3v) is 2.15. The minimum atomic E-state index is 0.887. The lowest BCUT2D eigenvalue weighted by atomic mass is 10.1. The molecule has 1 aromatic rings. The lowest BCUT2D eigenvalue weighted by molar-refractivity contribution is 0.414. The second-order valence-corrected chi connectivity index (χ2v) is 3.21. The van der Waals surface area contributed by atoms with Gasteiger partial charge in [-0.2, -0.15) is 5.10 Å². The molecule has 0 amide bonds. The predicted molar refractivity (Wildman–Crippen MR) is 58.6 cm³/mol. The van der Waals surface area contributed by atoms with E-state index in [2.05, 4.69) is 17.2 Å². The first kappa shape index (κ1) is 10.6. The van der Waals surface area contributed by atoms with Gasteiger partial charge >= 0.3 is 0 Å². The maximum absolute atomic E-state index is 5.15. The molecule has 1 aromatic carbocycles. The summed E-state index contributed by atoms with van der Waals surface area (Å²) >= 11 is 0. The Morgan fingerprint density at radius 2 is 2.00 bits per heavy atom. The molecule has 0 aliphatic rings. The van der Waals surface area contributed by atoms with Crippen molar-refractivity contribution in [2.24, 2.45) is 10.9 Å². The second-order valence-electron chi connectivity index (χ2n) is 3.21. The number of hydrazone groups is 1. The van der Waals surface area contributed by atoms with Crippen LogP contribution in [0.15, 0.2) is 29.4 Å². The average Bonchev–Trinajstić information content (AvgIpc) is 2.26. The van der Waals surface area contributed by atoms with Crippen LogP contribution in [0.1, 0.15) is 18.9 Å². The van der Waals surface area contributed by atoms with Crippen molar-refractivity contribution in [2.45, 2.75) is 19.8 Å². The summed E-state index contributed by atoms with van der Waals surface area (Å²) in [6.45, 7) is 1.93. The van der Waals surface area contributed by atoms with Crippen LogP contribution in [0.2, 0.25) is 0 Å². The average molecular weight is 192 g/mol. The summed E-state index contributed by atoms with van der Waals surface area (Å²) in [5.41, 5.74) is 2.25. The molecule has 0 saturated heterocycles. The molecule has 0 unspecified atom stereocenters. The fourth-order valence-corrected chi connectivity index (χ4v) is 1.18. The van der Waals surface area contributed by atoms with E-state index in [1.165, 1.54) is 5.56 Å². The molecule has 3 nitrogen and oxygen atoms in total. The van der Waals surface area contributed by atoms with Crippen molar-refractivity contribution in [1.29, 1.82) is 0 Å². The van der Waals surface area contributed by atoms with Gasteiger partial charge in [0, 0.05) is 5.71 Å². The molecule has 1 rings (SSSR count). The summed E-state index contributed by atoms with van der Waals surface area (Å²) in [6.07, 6.45) is 1.87. The minimum absolute atomic E-state index is 0.887. The summed E-state index contributed by atoms with van der Waals surface area (Å²) in [7, 11) is 1.67. The van der Waals surface area contributed by atoms with Gasteiger partial charge in [0.15, 0.2) is 0 Å². The fourth-order valence-electron chi connectivity index (χ4n) is 1.18.